The third kappa shape index (κ3) is 4.93. The number of amides is 2. The van der Waals surface area contributed by atoms with Gasteiger partial charge >= 0.3 is 0 Å². The summed E-state index contributed by atoms with van der Waals surface area (Å²) in [5.41, 5.74) is 1.96. The Morgan fingerprint density at radius 2 is 1.78 bits per heavy atom. The molecule has 2 aromatic carbocycles. The van der Waals surface area contributed by atoms with Gasteiger partial charge in [-0.3, -0.25) is 9.59 Å². The van der Waals surface area contributed by atoms with Crippen LogP contribution in [-0.4, -0.2) is 23.5 Å². The zero-order chi connectivity index (χ0) is 16.7. The van der Waals surface area contributed by atoms with Crippen LogP contribution in [0.5, 0.6) is 0 Å². The van der Waals surface area contributed by atoms with Crippen LogP contribution in [0.2, 0.25) is 0 Å². The van der Waals surface area contributed by atoms with Gasteiger partial charge in [0.15, 0.2) is 0 Å². The molecule has 0 aromatic heterocycles. The van der Waals surface area contributed by atoms with Gasteiger partial charge in [-0.15, -0.1) is 0 Å². The van der Waals surface area contributed by atoms with Gasteiger partial charge < -0.3 is 15.7 Å². The minimum Gasteiger partial charge on any atom is -0.388 e. The highest BCUT2D eigenvalue weighted by molar-refractivity contribution is 5.94. The van der Waals surface area contributed by atoms with E-state index in [2.05, 4.69) is 10.6 Å². The average molecular weight is 312 g/mol. The summed E-state index contributed by atoms with van der Waals surface area (Å²) in [7, 11) is 0. The van der Waals surface area contributed by atoms with E-state index in [1.165, 1.54) is 0 Å². The van der Waals surface area contributed by atoms with Crippen LogP contribution < -0.4 is 10.6 Å². The highest BCUT2D eigenvalue weighted by Crippen LogP contribution is 2.18. The molecule has 3 N–H and O–H groups in total. The summed E-state index contributed by atoms with van der Waals surface area (Å²) in [6.07, 6.45) is 0.397. The van der Waals surface area contributed by atoms with Crippen molar-refractivity contribution in [3.8, 4) is 0 Å². The van der Waals surface area contributed by atoms with Crippen molar-refractivity contribution in [3.63, 3.8) is 0 Å². The Bertz CT molecular complexity index is 641. The van der Waals surface area contributed by atoms with Gasteiger partial charge in [-0.25, -0.2) is 0 Å². The quantitative estimate of drug-likeness (QED) is 0.687. The number of aliphatic hydroxyl groups excluding tert-OH is 1. The van der Waals surface area contributed by atoms with Crippen molar-refractivity contribution in [3.05, 3.63) is 65.7 Å². The third-order valence-corrected chi connectivity index (χ3v) is 3.51. The topological polar surface area (TPSA) is 78.4 Å². The van der Waals surface area contributed by atoms with Crippen LogP contribution in [0.4, 0.5) is 5.69 Å². The Hall–Kier alpha value is -2.66. The van der Waals surface area contributed by atoms with Gasteiger partial charge in [-0.05, 0) is 43.2 Å². The molecule has 0 radical (unpaired) electrons. The first kappa shape index (κ1) is 16.7. The molecule has 5 heteroatoms. The Kier molecular flexibility index (Phi) is 5.88. The first-order valence-electron chi connectivity index (χ1n) is 7.44. The first-order valence-corrected chi connectivity index (χ1v) is 7.44. The molecule has 0 spiro atoms. The van der Waals surface area contributed by atoms with Crippen LogP contribution in [0.25, 0.3) is 0 Å². The van der Waals surface area contributed by atoms with Crippen molar-refractivity contribution < 1.29 is 14.7 Å². The second-order valence-corrected chi connectivity index (χ2v) is 5.38. The molecule has 0 aliphatic carbocycles. The molecule has 2 atom stereocenters. The number of carbonyl (C=O) groups is 2. The highest BCUT2D eigenvalue weighted by atomic mass is 16.3. The van der Waals surface area contributed by atoms with Crippen molar-refractivity contribution >= 4 is 18.0 Å². The van der Waals surface area contributed by atoms with Crippen LogP contribution in [0.15, 0.2) is 54.6 Å². The van der Waals surface area contributed by atoms with Gasteiger partial charge in [0.25, 0.3) is 5.91 Å². The molecule has 0 bridgehead atoms. The van der Waals surface area contributed by atoms with Gasteiger partial charge in [0.1, 0.15) is 0 Å². The van der Waals surface area contributed by atoms with Crippen LogP contribution in [0.1, 0.15) is 35.4 Å². The van der Waals surface area contributed by atoms with Crippen LogP contribution in [-0.2, 0) is 4.79 Å². The molecule has 0 heterocycles. The molecule has 0 fully saturated rings. The monoisotopic (exact) mass is 312 g/mol. The molecule has 5 nitrogen and oxygen atoms in total. The minimum absolute atomic E-state index is 0.175. The molecule has 2 amide bonds. The smallest absolute Gasteiger partial charge is 0.251 e. The van der Waals surface area contributed by atoms with Crippen LogP contribution >= 0.6 is 0 Å². The van der Waals surface area contributed by atoms with Gasteiger partial charge in [0, 0.05) is 17.3 Å². The number of nitrogens with one attached hydrogen (secondary N) is 2. The van der Waals surface area contributed by atoms with Crippen molar-refractivity contribution in [1.82, 2.24) is 5.32 Å². The predicted molar refractivity (Wildman–Crippen MR) is 89.1 cm³/mol. The zero-order valence-electron chi connectivity index (χ0n) is 12.9. The van der Waals surface area contributed by atoms with E-state index in [1.54, 1.807) is 24.3 Å². The Labute approximate surface area is 135 Å². The van der Waals surface area contributed by atoms with E-state index in [0.717, 1.165) is 5.56 Å². The number of anilines is 1. The molecule has 0 saturated heterocycles. The van der Waals surface area contributed by atoms with Crippen molar-refractivity contribution in [2.24, 2.45) is 0 Å². The summed E-state index contributed by atoms with van der Waals surface area (Å²) >= 11 is 0. The fraction of sp³-hybridized carbons (Fsp3) is 0.222. The standard InChI is InChI=1S/C18H20N2O3/c1-13(11-17(22)14-5-3-2-4-6-14)20-18(23)15-7-9-16(10-8-15)19-12-21/h2-10,12-13,17,22H,11H2,1H3,(H,19,21)(H,20,23). The van der Waals surface area contributed by atoms with E-state index in [9.17, 15) is 14.7 Å². The first-order chi connectivity index (χ1) is 11.1. The molecule has 23 heavy (non-hydrogen) atoms. The summed E-state index contributed by atoms with van der Waals surface area (Å²) in [6.45, 7) is 1.85. The fourth-order valence-corrected chi connectivity index (χ4v) is 2.30. The molecule has 0 aliphatic rings. The zero-order valence-corrected chi connectivity index (χ0v) is 12.9. The van der Waals surface area contributed by atoms with Crippen LogP contribution in [0.3, 0.4) is 0 Å². The lowest BCUT2D eigenvalue weighted by Gasteiger charge is -2.18. The van der Waals surface area contributed by atoms with Gasteiger partial charge in [-0.1, -0.05) is 30.3 Å². The average Bonchev–Trinajstić information content (AvgIpc) is 2.56. The maximum atomic E-state index is 12.2. The molecular weight excluding hydrogens is 292 g/mol. The summed E-state index contributed by atoms with van der Waals surface area (Å²) in [4.78, 5) is 22.5. The van der Waals surface area contributed by atoms with E-state index in [4.69, 9.17) is 0 Å². The normalized spacial score (nSPS) is 13.0. The number of carbonyl (C=O) groups excluding carboxylic acids is 2. The molecule has 0 saturated carbocycles. The van der Waals surface area contributed by atoms with E-state index < -0.39 is 6.10 Å². The fourth-order valence-electron chi connectivity index (χ4n) is 2.30. The third-order valence-electron chi connectivity index (χ3n) is 3.51. The van der Waals surface area contributed by atoms with Gasteiger partial charge in [0.2, 0.25) is 6.41 Å². The molecular formula is C18H20N2O3. The van der Waals surface area contributed by atoms with Crippen LogP contribution in [0, 0.1) is 0 Å². The minimum atomic E-state index is -0.620. The highest BCUT2D eigenvalue weighted by Gasteiger charge is 2.15. The van der Waals surface area contributed by atoms with Gasteiger partial charge in [0.05, 0.1) is 6.10 Å². The summed E-state index contributed by atoms with van der Waals surface area (Å²) in [5, 5.41) is 15.5. The summed E-state index contributed by atoms with van der Waals surface area (Å²) in [6, 6.07) is 15.8. The molecule has 2 rings (SSSR count). The van der Waals surface area contributed by atoms with Crippen molar-refractivity contribution in [1.29, 1.82) is 0 Å². The predicted octanol–water partition coefficient (Wildman–Crippen LogP) is 2.50. The largest absolute Gasteiger partial charge is 0.388 e. The SMILES string of the molecule is CC(CC(O)c1ccccc1)NC(=O)c1ccc(NC=O)cc1. The number of hydrogen-bond acceptors (Lipinski definition) is 3. The number of benzene rings is 2. The second kappa shape index (κ2) is 8.10. The lowest BCUT2D eigenvalue weighted by Crippen LogP contribution is -2.33. The van der Waals surface area contributed by atoms with E-state index >= 15 is 0 Å². The lowest BCUT2D eigenvalue weighted by atomic mass is 10.0. The van der Waals surface area contributed by atoms with Crippen molar-refractivity contribution in [2.75, 3.05) is 5.32 Å². The van der Waals surface area contributed by atoms with E-state index in [-0.39, 0.29) is 11.9 Å². The van der Waals surface area contributed by atoms with E-state index in [0.29, 0.717) is 24.1 Å². The molecule has 2 unspecified atom stereocenters. The molecule has 2 aromatic rings. The number of aliphatic hydroxyl groups is 1. The summed E-state index contributed by atoms with van der Waals surface area (Å²) in [5.74, 6) is -0.213. The van der Waals surface area contributed by atoms with Crippen molar-refractivity contribution in [2.45, 2.75) is 25.5 Å². The maximum absolute atomic E-state index is 12.2. The Morgan fingerprint density at radius 3 is 2.39 bits per heavy atom. The summed E-state index contributed by atoms with van der Waals surface area (Å²) < 4.78 is 0. The number of hydrogen-bond donors (Lipinski definition) is 3. The Morgan fingerprint density at radius 1 is 1.13 bits per heavy atom. The maximum Gasteiger partial charge on any atom is 0.251 e. The number of rotatable bonds is 7. The Balaban J connectivity index is 1.90. The molecule has 120 valence electrons. The second-order valence-electron chi connectivity index (χ2n) is 5.38. The van der Waals surface area contributed by atoms with Gasteiger partial charge in [-0.2, -0.15) is 0 Å². The molecule has 0 aliphatic heterocycles. The van der Waals surface area contributed by atoms with E-state index in [1.807, 2.05) is 37.3 Å². The lowest BCUT2D eigenvalue weighted by molar-refractivity contribution is -0.105.